The second-order valence-electron chi connectivity index (χ2n) is 15.9. The summed E-state index contributed by atoms with van der Waals surface area (Å²) in [4.78, 5) is 59.3. The Morgan fingerprint density at radius 3 is 2.33 bits per heavy atom. The number of anilines is 2. The number of carboxylic acid groups (broad SMARTS) is 1. The summed E-state index contributed by atoms with van der Waals surface area (Å²) in [6.45, 7) is 7.53. The van der Waals surface area contributed by atoms with Crippen molar-refractivity contribution in [3.05, 3.63) is 58.1 Å². The van der Waals surface area contributed by atoms with Gasteiger partial charge in [-0.3, -0.25) is 34.3 Å². The van der Waals surface area contributed by atoms with Gasteiger partial charge in [-0.25, -0.2) is 13.8 Å². The number of benzene rings is 2. The van der Waals surface area contributed by atoms with Gasteiger partial charge in [-0.15, -0.1) is 0 Å². The maximum atomic E-state index is 15.2. The van der Waals surface area contributed by atoms with Crippen LogP contribution in [0.3, 0.4) is 0 Å². The Labute approximate surface area is 330 Å². The average molecular weight is 794 g/mol. The quantitative estimate of drug-likeness (QED) is 0.163. The minimum atomic E-state index is -0.607. The molecule has 0 saturated carbocycles. The number of nitrogens with one attached hydrogen (secondary N) is 3. The molecule has 6 heterocycles. The largest absolute Gasteiger partial charge is 0.493 e. The van der Waals surface area contributed by atoms with Crippen molar-refractivity contribution in [3.8, 4) is 5.75 Å². The molecule has 8 rings (SSSR count). The number of H-pyrrole nitrogens is 1. The summed E-state index contributed by atoms with van der Waals surface area (Å²) in [7, 11) is 0. The van der Waals surface area contributed by atoms with Crippen LogP contribution >= 0.6 is 0 Å². The lowest BCUT2D eigenvalue weighted by molar-refractivity contribution is -0.133. The molecule has 1 atom stereocenters. The van der Waals surface area contributed by atoms with Gasteiger partial charge in [0, 0.05) is 82.1 Å². The zero-order valence-corrected chi connectivity index (χ0v) is 32.2. The van der Waals surface area contributed by atoms with Gasteiger partial charge in [0.05, 0.1) is 17.8 Å². The van der Waals surface area contributed by atoms with E-state index in [1.165, 1.54) is 12.1 Å². The number of piperidine rings is 3. The number of carbonyl (C=O) groups excluding carboxylic acids is 2. The monoisotopic (exact) mass is 793 g/mol. The molecule has 4 N–H and O–H groups in total. The lowest BCUT2D eigenvalue weighted by Gasteiger charge is -2.52. The van der Waals surface area contributed by atoms with Crippen LogP contribution in [0.1, 0.15) is 63.6 Å². The maximum absolute atomic E-state index is 15.2. The molecule has 5 aliphatic rings. The number of fused-ring (bicyclic) bond motifs is 1. The number of likely N-dealkylation sites (tertiary alicyclic amines) is 2. The Hall–Kier alpha value is -4.67. The van der Waals surface area contributed by atoms with Gasteiger partial charge in [-0.2, -0.15) is 0 Å². The molecule has 0 radical (unpaired) electrons. The number of nitrogens with zero attached hydrogens (tertiary/aromatic N) is 4. The number of imide groups is 1. The molecule has 1 aromatic heterocycles. The normalized spacial score (nSPS) is 22.1. The van der Waals surface area contributed by atoms with Crippen molar-refractivity contribution < 1.29 is 37.7 Å². The van der Waals surface area contributed by atoms with Gasteiger partial charge in [0.1, 0.15) is 34.6 Å². The van der Waals surface area contributed by atoms with Crippen molar-refractivity contribution in [2.75, 3.05) is 69.3 Å². The van der Waals surface area contributed by atoms with Crippen molar-refractivity contribution in [1.82, 2.24) is 25.1 Å². The predicted octanol–water partition coefficient (Wildman–Crippen LogP) is 3.92. The average Bonchev–Trinajstić information content (AvgIpc) is 3.18. The molecular formula is C41H53F2N7O7. The van der Waals surface area contributed by atoms with E-state index >= 15 is 8.78 Å². The zero-order chi connectivity index (χ0) is 39.9. The summed E-state index contributed by atoms with van der Waals surface area (Å²) in [6, 6.07) is 8.53. The van der Waals surface area contributed by atoms with Gasteiger partial charge in [0.25, 0.3) is 12.0 Å². The number of aromatic amines is 1. The van der Waals surface area contributed by atoms with Crippen LogP contribution in [-0.4, -0.2) is 120 Å². The SMILES string of the molecule is O=C1CCC(Nc2ccc(N3CCC(N4CC(N5CCC(COc6cc(F)c7c(=O)[nH]c(CCC8CCOCC8)nc7c6)CC5)C4)CC3)c(F)c2)C(=O)N1.O=CO. The number of aryl methyl sites for hydroxylation is 1. The topological polar surface area (TPSA) is 169 Å². The van der Waals surface area contributed by atoms with Crippen LogP contribution in [0.15, 0.2) is 35.1 Å². The van der Waals surface area contributed by atoms with Crippen LogP contribution in [0.2, 0.25) is 0 Å². The fourth-order valence-electron chi connectivity index (χ4n) is 8.90. The number of halogens is 2. The second kappa shape index (κ2) is 18.7. The molecule has 16 heteroatoms. The fourth-order valence-corrected chi connectivity index (χ4v) is 8.90. The molecule has 0 spiro atoms. The highest BCUT2D eigenvalue weighted by atomic mass is 19.1. The van der Waals surface area contributed by atoms with Crippen molar-refractivity contribution in [2.24, 2.45) is 11.8 Å². The van der Waals surface area contributed by atoms with Gasteiger partial charge in [-0.1, -0.05) is 0 Å². The molecule has 2 amide bonds. The number of hydrogen-bond donors (Lipinski definition) is 4. The first-order valence-corrected chi connectivity index (χ1v) is 20.3. The molecule has 5 aliphatic heterocycles. The van der Waals surface area contributed by atoms with E-state index in [-0.39, 0.29) is 35.9 Å². The number of aromatic nitrogens is 2. The summed E-state index contributed by atoms with van der Waals surface area (Å²) in [5, 5.41) is 12.3. The first-order valence-electron chi connectivity index (χ1n) is 20.3. The molecule has 0 bridgehead atoms. The number of amides is 2. The Kier molecular flexibility index (Phi) is 13.3. The molecule has 57 heavy (non-hydrogen) atoms. The lowest BCUT2D eigenvalue weighted by Crippen LogP contribution is -2.64. The Bertz CT molecular complexity index is 1940. The third-order valence-electron chi connectivity index (χ3n) is 12.3. The first kappa shape index (κ1) is 40.5. The van der Waals surface area contributed by atoms with Crippen LogP contribution in [0.5, 0.6) is 5.75 Å². The number of carbonyl (C=O) groups is 3. The molecular weight excluding hydrogens is 740 g/mol. The third-order valence-corrected chi connectivity index (χ3v) is 12.3. The summed E-state index contributed by atoms with van der Waals surface area (Å²) < 4.78 is 41.8. The Balaban J connectivity index is 0.00000160. The van der Waals surface area contributed by atoms with Gasteiger partial charge in [0.15, 0.2) is 0 Å². The molecule has 308 valence electrons. The molecule has 1 unspecified atom stereocenters. The van der Waals surface area contributed by atoms with Crippen LogP contribution in [0, 0.1) is 23.5 Å². The summed E-state index contributed by atoms with van der Waals surface area (Å²) in [5.74, 6) is 0.364. The van der Waals surface area contributed by atoms with E-state index in [9.17, 15) is 14.4 Å². The number of rotatable bonds is 11. The van der Waals surface area contributed by atoms with Crippen molar-refractivity contribution in [2.45, 2.75) is 82.3 Å². The fraction of sp³-hybridized carbons (Fsp3) is 0.585. The van der Waals surface area contributed by atoms with Gasteiger partial charge < -0.3 is 29.8 Å². The molecule has 0 aliphatic carbocycles. The number of ether oxygens (including phenoxy) is 2. The zero-order valence-electron chi connectivity index (χ0n) is 32.2. The highest BCUT2D eigenvalue weighted by Crippen LogP contribution is 2.32. The van der Waals surface area contributed by atoms with E-state index in [4.69, 9.17) is 19.4 Å². The first-order chi connectivity index (χ1) is 27.7. The highest BCUT2D eigenvalue weighted by Gasteiger charge is 2.38. The van der Waals surface area contributed by atoms with Gasteiger partial charge in [0.2, 0.25) is 11.8 Å². The smallest absolute Gasteiger partial charge is 0.290 e. The van der Waals surface area contributed by atoms with E-state index in [1.54, 1.807) is 18.2 Å². The Morgan fingerprint density at radius 1 is 0.895 bits per heavy atom. The van der Waals surface area contributed by atoms with Crippen LogP contribution < -0.4 is 25.8 Å². The van der Waals surface area contributed by atoms with E-state index in [2.05, 4.69) is 35.3 Å². The molecule has 2 aromatic carbocycles. The lowest BCUT2D eigenvalue weighted by atomic mass is 9.92. The van der Waals surface area contributed by atoms with Crippen molar-refractivity contribution >= 4 is 40.6 Å². The molecule has 3 aromatic rings. The second-order valence-corrected chi connectivity index (χ2v) is 15.9. The van der Waals surface area contributed by atoms with Crippen LogP contribution in [0.4, 0.5) is 20.2 Å². The summed E-state index contributed by atoms with van der Waals surface area (Å²) in [5.41, 5.74) is 1.01. The molecule has 5 saturated heterocycles. The minimum Gasteiger partial charge on any atom is -0.493 e. The minimum absolute atomic E-state index is 0.0210. The maximum Gasteiger partial charge on any atom is 0.290 e. The predicted molar refractivity (Wildman–Crippen MR) is 209 cm³/mol. The summed E-state index contributed by atoms with van der Waals surface area (Å²) in [6.07, 6.45) is 8.27. The van der Waals surface area contributed by atoms with Gasteiger partial charge >= 0.3 is 0 Å². The number of hydrogen-bond acceptors (Lipinski definition) is 11. The molecule has 14 nitrogen and oxygen atoms in total. The molecule has 5 fully saturated rings. The Morgan fingerprint density at radius 2 is 1.63 bits per heavy atom. The standard InChI is InChI=1S/C40H51F2N7O5.CH2O2/c41-31-19-27(43-33-3-6-37(50)46-39(33)51)2-4-35(31)48-15-9-28(10-16-48)49-22-29(23-49)47-13-7-26(8-14-47)24-54-30-20-32(42)38-34(21-30)44-36(45-40(38)52)5-1-25-11-17-53-18-12-25;2-1-3/h2,4,19-21,25-26,28-29,33,43H,1,3,5-18,22-24H2,(H,44,45,52)(H,46,50,51);1H,(H,2,3). The van der Waals surface area contributed by atoms with E-state index in [0.717, 1.165) is 97.4 Å². The van der Waals surface area contributed by atoms with Crippen molar-refractivity contribution in [3.63, 3.8) is 0 Å². The van der Waals surface area contributed by atoms with Crippen LogP contribution in [0.25, 0.3) is 10.9 Å². The van der Waals surface area contributed by atoms with E-state index in [1.807, 2.05) is 0 Å². The highest BCUT2D eigenvalue weighted by molar-refractivity contribution is 6.01. The van der Waals surface area contributed by atoms with E-state index < -0.39 is 17.4 Å². The summed E-state index contributed by atoms with van der Waals surface area (Å²) >= 11 is 0. The van der Waals surface area contributed by atoms with Crippen LogP contribution in [-0.2, 0) is 25.5 Å². The van der Waals surface area contributed by atoms with Gasteiger partial charge in [-0.05, 0) is 94.5 Å². The van der Waals surface area contributed by atoms with Crippen molar-refractivity contribution in [1.29, 1.82) is 0 Å². The third kappa shape index (κ3) is 10.1. The van der Waals surface area contributed by atoms with E-state index in [0.29, 0.717) is 71.8 Å².